The quantitative estimate of drug-likeness (QED) is 0.360. The molecule has 1 aromatic carbocycles. The van der Waals surface area contributed by atoms with Crippen LogP contribution in [0.2, 0.25) is 5.02 Å². The van der Waals surface area contributed by atoms with Gasteiger partial charge in [-0.25, -0.2) is 0 Å². The Labute approximate surface area is 214 Å². The minimum Gasteiger partial charge on any atom is -0.385 e. The van der Waals surface area contributed by atoms with Gasteiger partial charge in [-0.2, -0.15) is 0 Å². The lowest BCUT2D eigenvalue weighted by Crippen LogP contribution is -2.27. The summed E-state index contributed by atoms with van der Waals surface area (Å²) in [5.74, 6) is -0.227. The smallest absolute Gasteiger partial charge is 0.251 e. The number of amides is 1. The molecule has 7 nitrogen and oxygen atoms in total. The number of carbonyl (C=O) groups excluding carboxylic acids is 1. The van der Waals surface area contributed by atoms with Gasteiger partial charge in [0.2, 0.25) is 0 Å². The number of hydrogen-bond acceptors (Lipinski definition) is 6. The lowest BCUT2D eigenvalue weighted by Gasteiger charge is -2.15. The standard InChI is InChI=1S/C28H24ClN5O2/c1-17-6-8-24(31-15-17)19-11-20(26-14-27(36-34-26)25-5-3-4-10-30-25)13-21(12-19)28(35)33-18(2)23-9-7-22(29)16-32-23/h3-13,15-16,18,27H,14H2,1-2H3,(H,33,35)/t18-,27+/m1/s1. The number of rotatable bonds is 6. The highest BCUT2D eigenvalue weighted by molar-refractivity contribution is 6.30. The molecule has 8 heteroatoms. The maximum absolute atomic E-state index is 13.3. The van der Waals surface area contributed by atoms with E-state index in [1.54, 1.807) is 24.5 Å². The zero-order valence-electron chi connectivity index (χ0n) is 19.9. The zero-order valence-corrected chi connectivity index (χ0v) is 20.6. The lowest BCUT2D eigenvalue weighted by atomic mass is 9.96. The number of carbonyl (C=O) groups is 1. The number of oxime groups is 1. The number of halogens is 1. The van der Waals surface area contributed by atoms with Crippen LogP contribution in [0.25, 0.3) is 11.3 Å². The Hall–Kier alpha value is -4.10. The minimum absolute atomic E-state index is 0.227. The van der Waals surface area contributed by atoms with E-state index in [0.717, 1.165) is 39.5 Å². The molecule has 1 aliphatic heterocycles. The van der Waals surface area contributed by atoms with Crippen LogP contribution in [0, 0.1) is 6.92 Å². The van der Waals surface area contributed by atoms with Crippen LogP contribution < -0.4 is 5.32 Å². The highest BCUT2D eigenvalue weighted by Crippen LogP contribution is 2.30. The van der Waals surface area contributed by atoms with Crippen LogP contribution in [-0.4, -0.2) is 26.6 Å². The molecule has 36 heavy (non-hydrogen) atoms. The van der Waals surface area contributed by atoms with Crippen molar-refractivity contribution in [2.24, 2.45) is 5.16 Å². The third-order valence-electron chi connectivity index (χ3n) is 5.96. The Balaban J connectivity index is 1.45. The molecule has 2 atom stereocenters. The summed E-state index contributed by atoms with van der Waals surface area (Å²) in [7, 11) is 0. The van der Waals surface area contributed by atoms with Gasteiger partial charge in [0.1, 0.15) is 0 Å². The van der Waals surface area contributed by atoms with E-state index >= 15 is 0 Å². The summed E-state index contributed by atoms with van der Waals surface area (Å²) >= 11 is 5.95. The molecule has 0 saturated carbocycles. The van der Waals surface area contributed by atoms with Crippen molar-refractivity contribution in [3.05, 3.63) is 112 Å². The summed E-state index contributed by atoms with van der Waals surface area (Å²) in [6.45, 7) is 3.87. The predicted molar refractivity (Wildman–Crippen MR) is 139 cm³/mol. The summed E-state index contributed by atoms with van der Waals surface area (Å²) in [6, 6.07) is 18.6. The minimum atomic E-state index is -0.305. The van der Waals surface area contributed by atoms with Crippen LogP contribution >= 0.6 is 11.6 Å². The summed E-state index contributed by atoms with van der Waals surface area (Å²) in [5.41, 5.74) is 6.23. The second-order valence-corrected chi connectivity index (χ2v) is 9.14. The van der Waals surface area contributed by atoms with E-state index in [-0.39, 0.29) is 18.1 Å². The van der Waals surface area contributed by atoms with Gasteiger partial charge >= 0.3 is 0 Å². The first-order chi connectivity index (χ1) is 17.5. The van der Waals surface area contributed by atoms with E-state index in [9.17, 15) is 4.79 Å². The molecule has 0 radical (unpaired) electrons. The van der Waals surface area contributed by atoms with Gasteiger partial charge in [0, 0.05) is 41.7 Å². The Bertz CT molecular complexity index is 1410. The van der Waals surface area contributed by atoms with Crippen LogP contribution in [-0.2, 0) is 4.84 Å². The van der Waals surface area contributed by atoms with Crippen LogP contribution in [0.3, 0.4) is 0 Å². The summed E-state index contributed by atoms with van der Waals surface area (Å²) in [5, 5.41) is 7.90. The van der Waals surface area contributed by atoms with Crippen molar-refractivity contribution in [3.63, 3.8) is 0 Å². The third-order valence-corrected chi connectivity index (χ3v) is 6.19. The van der Waals surface area contributed by atoms with Crippen molar-refractivity contribution in [2.45, 2.75) is 32.4 Å². The van der Waals surface area contributed by atoms with Gasteiger partial charge in [-0.15, -0.1) is 0 Å². The molecule has 5 rings (SSSR count). The van der Waals surface area contributed by atoms with E-state index in [4.69, 9.17) is 16.4 Å². The summed E-state index contributed by atoms with van der Waals surface area (Å²) in [6.07, 6.45) is 5.39. The average molecular weight is 498 g/mol. The molecule has 0 spiro atoms. The molecule has 4 aromatic rings. The van der Waals surface area contributed by atoms with E-state index < -0.39 is 0 Å². The van der Waals surface area contributed by atoms with E-state index in [1.807, 2.05) is 68.6 Å². The first-order valence-electron chi connectivity index (χ1n) is 11.6. The summed E-state index contributed by atoms with van der Waals surface area (Å²) in [4.78, 5) is 32.3. The fourth-order valence-corrected chi connectivity index (χ4v) is 4.09. The van der Waals surface area contributed by atoms with E-state index in [1.165, 1.54) is 0 Å². The number of benzene rings is 1. The van der Waals surface area contributed by atoms with Crippen molar-refractivity contribution < 1.29 is 9.63 Å². The Morgan fingerprint density at radius 3 is 2.61 bits per heavy atom. The molecule has 0 bridgehead atoms. The molecule has 3 aromatic heterocycles. The van der Waals surface area contributed by atoms with Crippen LogP contribution in [0.1, 0.15) is 58.4 Å². The van der Waals surface area contributed by atoms with Crippen LogP contribution in [0.4, 0.5) is 0 Å². The lowest BCUT2D eigenvalue weighted by molar-refractivity contribution is 0.0826. The molecule has 1 N–H and O–H groups in total. The van der Waals surface area contributed by atoms with Gasteiger partial charge < -0.3 is 10.2 Å². The predicted octanol–water partition coefficient (Wildman–Crippen LogP) is 5.86. The Morgan fingerprint density at radius 1 is 1.03 bits per heavy atom. The highest BCUT2D eigenvalue weighted by Gasteiger charge is 2.26. The van der Waals surface area contributed by atoms with E-state index in [2.05, 4.69) is 25.4 Å². The van der Waals surface area contributed by atoms with Crippen molar-refractivity contribution in [1.29, 1.82) is 0 Å². The molecular weight excluding hydrogens is 474 g/mol. The maximum Gasteiger partial charge on any atom is 0.251 e. The zero-order chi connectivity index (χ0) is 25.1. The number of hydrogen-bond donors (Lipinski definition) is 1. The second-order valence-electron chi connectivity index (χ2n) is 8.71. The SMILES string of the molecule is Cc1ccc(-c2cc(C(=O)N[C@H](C)c3ccc(Cl)cn3)cc(C3=NO[C@H](c4ccccn4)C3)c2)nc1. The van der Waals surface area contributed by atoms with Crippen LogP contribution in [0.15, 0.2) is 84.4 Å². The fourth-order valence-electron chi connectivity index (χ4n) is 3.98. The van der Waals surface area contributed by atoms with Gasteiger partial charge in [-0.1, -0.05) is 28.9 Å². The molecule has 1 aliphatic rings. The second kappa shape index (κ2) is 10.3. The number of pyridine rings is 3. The average Bonchev–Trinajstić information content (AvgIpc) is 3.40. The highest BCUT2D eigenvalue weighted by atomic mass is 35.5. The maximum atomic E-state index is 13.3. The summed E-state index contributed by atoms with van der Waals surface area (Å²) < 4.78 is 0. The van der Waals surface area contributed by atoms with Gasteiger partial charge in [0.25, 0.3) is 5.91 Å². The molecule has 180 valence electrons. The molecular formula is C28H24ClN5O2. The largest absolute Gasteiger partial charge is 0.385 e. The van der Waals surface area contributed by atoms with Crippen molar-refractivity contribution in [2.75, 3.05) is 0 Å². The Morgan fingerprint density at radius 2 is 1.89 bits per heavy atom. The molecule has 1 amide bonds. The van der Waals surface area contributed by atoms with Gasteiger partial charge in [0.05, 0.1) is 33.9 Å². The number of nitrogens with zero attached hydrogens (tertiary/aromatic N) is 4. The van der Waals surface area contributed by atoms with Gasteiger partial charge in [-0.3, -0.25) is 19.7 Å². The first-order valence-corrected chi connectivity index (χ1v) is 12.0. The normalized spacial score (nSPS) is 15.6. The van der Waals surface area contributed by atoms with E-state index in [0.29, 0.717) is 17.0 Å². The molecule has 0 saturated heterocycles. The molecule has 0 aliphatic carbocycles. The monoisotopic (exact) mass is 497 g/mol. The van der Waals surface area contributed by atoms with Crippen molar-refractivity contribution >= 4 is 23.2 Å². The van der Waals surface area contributed by atoms with Crippen molar-refractivity contribution in [3.8, 4) is 11.3 Å². The molecule has 0 fully saturated rings. The van der Waals surface area contributed by atoms with Gasteiger partial charge in [0.15, 0.2) is 6.10 Å². The fraction of sp³-hybridized carbons (Fsp3) is 0.179. The molecule has 4 heterocycles. The number of aryl methyl sites for hydroxylation is 1. The van der Waals surface area contributed by atoms with Gasteiger partial charge in [-0.05, 0) is 67.9 Å². The topological polar surface area (TPSA) is 89.4 Å². The third kappa shape index (κ3) is 5.26. The van der Waals surface area contributed by atoms with Crippen LogP contribution in [0.5, 0.6) is 0 Å². The first kappa shape index (κ1) is 23.6. The van der Waals surface area contributed by atoms with Crippen molar-refractivity contribution in [1.82, 2.24) is 20.3 Å². The number of nitrogens with one attached hydrogen (secondary N) is 1. The molecule has 0 unspecified atom stereocenters. The number of aromatic nitrogens is 3. The Kier molecular flexibility index (Phi) is 6.73.